The van der Waals surface area contributed by atoms with Gasteiger partial charge in [-0.15, -0.1) is 0 Å². The van der Waals surface area contributed by atoms with Crippen molar-refractivity contribution < 1.29 is 17.9 Å². The second kappa shape index (κ2) is 8.62. The number of carbonyl (C=O) groups excluding carboxylic acids is 1. The van der Waals surface area contributed by atoms with E-state index in [1.807, 2.05) is 48.5 Å². The Hall–Kier alpha value is -2.64. The maximum atomic E-state index is 13.2. The molecule has 5 nitrogen and oxygen atoms in total. The van der Waals surface area contributed by atoms with Crippen molar-refractivity contribution in [2.75, 3.05) is 10.8 Å². The van der Waals surface area contributed by atoms with E-state index in [1.165, 1.54) is 28.6 Å². The number of anilines is 1. The lowest BCUT2D eigenvalue weighted by Gasteiger charge is -2.30. The largest absolute Gasteiger partial charge is 0.457 e. The van der Waals surface area contributed by atoms with E-state index in [2.05, 4.69) is 15.9 Å². The molecule has 7 heteroatoms. The summed E-state index contributed by atoms with van der Waals surface area (Å²) in [6.45, 7) is 0.590. The Labute approximate surface area is 184 Å². The lowest BCUT2D eigenvalue weighted by molar-refractivity contribution is 0.0472. The van der Waals surface area contributed by atoms with Gasteiger partial charge in [-0.25, -0.2) is 13.2 Å². The van der Waals surface area contributed by atoms with Crippen LogP contribution in [0.5, 0.6) is 0 Å². The number of aryl methyl sites for hydroxylation is 1. The first kappa shape index (κ1) is 20.6. The van der Waals surface area contributed by atoms with Crippen LogP contribution in [0, 0.1) is 0 Å². The first-order valence-electron chi connectivity index (χ1n) is 9.57. The second-order valence-corrected chi connectivity index (χ2v) is 9.81. The molecule has 4 rings (SSSR count). The van der Waals surface area contributed by atoms with Crippen LogP contribution in [0.4, 0.5) is 5.69 Å². The van der Waals surface area contributed by atoms with E-state index < -0.39 is 16.0 Å². The number of esters is 1. The van der Waals surface area contributed by atoms with Crippen molar-refractivity contribution >= 4 is 37.6 Å². The smallest absolute Gasteiger partial charge is 0.338 e. The standard InChI is InChI=1S/C23H20BrNO4S/c24-20-11-7-17(8-12-20)16-29-23(26)19-9-13-21(14-10-19)30(27,28)25-15-3-5-18-4-1-2-6-22(18)25/h1-2,4,6-14H,3,5,15-16H2. The van der Waals surface area contributed by atoms with Gasteiger partial charge in [-0.3, -0.25) is 4.31 Å². The SMILES string of the molecule is O=C(OCc1ccc(Br)cc1)c1ccc(S(=O)(=O)N2CCCc3ccccc32)cc1. The topological polar surface area (TPSA) is 63.7 Å². The third kappa shape index (κ3) is 4.27. The van der Waals surface area contributed by atoms with E-state index in [1.54, 1.807) is 0 Å². The molecule has 0 fully saturated rings. The molecule has 0 amide bonds. The van der Waals surface area contributed by atoms with Gasteiger partial charge in [-0.2, -0.15) is 0 Å². The summed E-state index contributed by atoms with van der Waals surface area (Å²) in [5.41, 5.74) is 2.93. The average molecular weight is 486 g/mol. The second-order valence-electron chi connectivity index (χ2n) is 7.04. The minimum atomic E-state index is -3.70. The highest BCUT2D eigenvalue weighted by Crippen LogP contribution is 2.31. The lowest BCUT2D eigenvalue weighted by atomic mass is 10.0. The van der Waals surface area contributed by atoms with Crippen LogP contribution in [0.3, 0.4) is 0 Å². The highest BCUT2D eigenvalue weighted by atomic mass is 79.9. The van der Waals surface area contributed by atoms with Crippen molar-refractivity contribution in [3.05, 3.63) is 94.0 Å². The fourth-order valence-corrected chi connectivity index (χ4v) is 5.26. The van der Waals surface area contributed by atoms with E-state index in [0.29, 0.717) is 12.1 Å². The van der Waals surface area contributed by atoms with Gasteiger partial charge in [0.25, 0.3) is 10.0 Å². The van der Waals surface area contributed by atoms with E-state index in [9.17, 15) is 13.2 Å². The summed E-state index contributed by atoms with van der Waals surface area (Å²) in [6.07, 6.45) is 1.64. The van der Waals surface area contributed by atoms with Gasteiger partial charge in [0.15, 0.2) is 0 Å². The Kier molecular flexibility index (Phi) is 5.92. The molecular weight excluding hydrogens is 466 g/mol. The number of sulfonamides is 1. The van der Waals surface area contributed by atoms with Crippen LogP contribution in [-0.4, -0.2) is 20.9 Å². The Morgan fingerprint density at radius 2 is 1.67 bits per heavy atom. The van der Waals surface area contributed by atoms with Gasteiger partial charge in [-0.05, 0) is 66.4 Å². The fourth-order valence-electron chi connectivity index (χ4n) is 3.45. The van der Waals surface area contributed by atoms with Gasteiger partial charge in [-0.1, -0.05) is 46.3 Å². The highest BCUT2D eigenvalue weighted by molar-refractivity contribution is 9.10. The first-order chi connectivity index (χ1) is 14.4. The predicted molar refractivity (Wildman–Crippen MR) is 119 cm³/mol. The van der Waals surface area contributed by atoms with Crippen molar-refractivity contribution in [2.24, 2.45) is 0 Å². The summed E-state index contributed by atoms with van der Waals surface area (Å²) in [5.74, 6) is -0.495. The number of hydrogen-bond acceptors (Lipinski definition) is 4. The Bertz CT molecular complexity index is 1160. The summed E-state index contributed by atoms with van der Waals surface area (Å²) in [6, 6.07) is 20.9. The molecule has 3 aromatic rings. The van der Waals surface area contributed by atoms with Crippen molar-refractivity contribution in [1.82, 2.24) is 0 Å². The molecule has 0 bridgehead atoms. The van der Waals surface area contributed by atoms with Crippen LogP contribution in [-0.2, 0) is 27.8 Å². The Balaban J connectivity index is 1.49. The van der Waals surface area contributed by atoms with Crippen molar-refractivity contribution in [3.63, 3.8) is 0 Å². The number of halogens is 1. The summed E-state index contributed by atoms with van der Waals surface area (Å²) >= 11 is 3.36. The maximum absolute atomic E-state index is 13.2. The van der Waals surface area contributed by atoms with Crippen LogP contribution in [0.25, 0.3) is 0 Å². The summed E-state index contributed by atoms with van der Waals surface area (Å²) < 4.78 is 34.1. The van der Waals surface area contributed by atoms with Gasteiger partial charge < -0.3 is 4.74 Å². The molecule has 0 saturated carbocycles. The minimum Gasteiger partial charge on any atom is -0.457 e. The molecule has 154 valence electrons. The van der Waals surface area contributed by atoms with Crippen LogP contribution in [0.15, 0.2) is 82.2 Å². The lowest BCUT2D eigenvalue weighted by Crippen LogP contribution is -2.35. The van der Waals surface area contributed by atoms with E-state index in [-0.39, 0.29) is 11.5 Å². The molecule has 0 aromatic heterocycles. The molecular formula is C23H20BrNO4S. The van der Waals surface area contributed by atoms with Gasteiger partial charge in [0.05, 0.1) is 16.1 Å². The molecule has 0 aliphatic carbocycles. The van der Waals surface area contributed by atoms with Gasteiger partial charge in [0, 0.05) is 11.0 Å². The monoisotopic (exact) mass is 485 g/mol. The molecule has 0 N–H and O–H groups in total. The third-order valence-electron chi connectivity index (χ3n) is 5.03. The number of ether oxygens (including phenoxy) is 1. The third-order valence-corrected chi connectivity index (χ3v) is 7.38. The number of hydrogen-bond donors (Lipinski definition) is 0. The van der Waals surface area contributed by atoms with E-state index >= 15 is 0 Å². The number of carbonyl (C=O) groups is 1. The molecule has 0 unspecified atom stereocenters. The molecule has 0 saturated heterocycles. The quantitative estimate of drug-likeness (QED) is 0.479. The summed E-state index contributed by atoms with van der Waals surface area (Å²) in [7, 11) is -3.70. The molecule has 1 aliphatic heterocycles. The van der Waals surface area contributed by atoms with Crippen LogP contribution >= 0.6 is 15.9 Å². The molecule has 0 atom stereocenters. The van der Waals surface area contributed by atoms with E-state index in [0.717, 1.165) is 34.1 Å². The normalized spacial score (nSPS) is 13.6. The fraction of sp³-hybridized carbons (Fsp3) is 0.174. The zero-order valence-electron chi connectivity index (χ0n) is 16.1. The molecule has 1 aliphatic rings. The molecule has 30 heavy (non-hydrogen) atoms. The Morgan fingerprint density at radius 3 is 2.40 bits per heavy atom. The van der Waals surface area contributed by atoms with Crippen LogP contribution in [0.1, 0.15) is 27.9 Å². The molecule has 1 heterocycles. The van der Waals surface area contributed by atoms with Gasteiger partial charge in [0.2, 0.25) is 0 Å². The number of para-hydroxylation sites is 1. The van der Waals surface area contributed by atoms with Crippen molar-refractivity contribution in [1.29, 1.82) is 0 Å². The summed E-state index contributed by atoms with van der Waals surface area (Å²) in [5, 5.41) is 0. The highest BCUT2D eigenvalue weighted by Gasteiger charge is 2.29. The number of benzene rings is 3. The van der Waals surface area contributed by atoms with Crippen LogP contribution in [0.2, 0.25) is 0 Å². The molecule has 0 spiro atoms. The van der Waals surface area contributed by atoms with Gasteiger partial charge in [0.1, 0.15) is 6.61 Å². The van der Waals surface area contributed by atoms with Crippen molar-refractivity contribution in [3.8, 4) is 0 Å². The minimum absolute atomic E-state index is 0.150. The Morgan fingerprint density at radius 1 is 0.967 bits per heavy atom. The average Bonchev–Trinajstić information content (AvgIpc) is 2.78. The molecule has 0 radical (unpaired) electrons. The maximum Gasteiger partial charge on any atom is 0.338 e. The van der Waals surface area contributed by atoms with Gasteiger partial charge >= 0.3 is 5.97 Å². The molecule has 3 aromatic carbocycles. The van der Waals surface area contributed by atoms with Crippen molar-refractivity contribution in [2.45, 2.75) is 24.3 Å². The number of rotatable bonds is 5. The van der Waals surface area contributed by atoms with Crippen LogP contribution < -0.4 is 4.31 Å². The zero-order valence-corrected chi connectivity index (χ0v) is 18.5. The zero-order chi connectivity index (χ0) is 21.1. The first-order valence-corrected chi connectivity index (χ1v) is 11.8. The summed E-state index contributed by atoms with van der Waals surface area (Å²) in [4.78, 5) is 12.5. The number of fused-ring (bicyclic) bond motifs is 1. The predicted octanol–water partition coefficient (Wildman–Crippen LogP) is 4.95. The van der Waals surface area contributed by atoms with E-state index in [4.69, 9.17) is 4.74 Å². The number of nitrogens with zero attached hydrogens (tertiary/aromatic N) is 1.